The SMILES string of the molecule is C1CC(CN2CCC(N3CCOCC3)C2)CCN1.Cl. The largest absolute Gasteiger partial charge is 0.379 e. The molecule has 1 atom stereocenters. The van der Waals surface area contributed by atoms with Crippen LogP contribution in [0.1, 0.15) is 19.3 Å². The van der Waals surface area contributed by atoms with Crippen molar-refractivity contribution in [1.29, 1.82) is 0 Å². The number of halogens is 1. The Morgan fingerprint density at radius 1 is 1.00 bits per heavy atom. The number of morpholine rings is 1. The Morgan fingerprint density at radius 2 is 1.74 bits per heavy atom. The van der Waals surface area contributed by atoms with Crippen molar-refractivity contribution in [3.8, 4) is 0 Å². The van der Waals surface area contributed by atoms with Crippen LogP contribution in [0.15, 0.2) is 0 Å². The van der Waals surface area contributed by atoms with E-state index in [-0.39, 0.29) is 12.4 Å². The molecule has 112 valence electrons. The van der Waals surface area contributed by atoms with Crippen molar-refractivity contribution >= 4 is 12.4 Å². The third-order valence-electron chi connectivity index (χ3n) is 4.78. The Morgan fingerprint density at radius 3 is 2.47 bits per heavy atom. The zero-order valence-corrected chi connectivity index (χ0v) is 12.7. The van der Waals surface area contributed by atoms with E-state index in [2.05, 4.69) is 15.1 Å². The molecule has 0 bridgehead atoms. The van der Waals surface area contributed by atoms with E-state index in [0.29, 0.717) is 0 Å². The first kappa shape index (κ1) is 15.5. The van der Waals surface area contributed by atoms with Gasteiger partial charge < -0.3 is 15.0 Å². The van der Waals surface area contributed by atoms with Crippen molar-refractivity contribution in [2.75, 3.05) is 59.0 Å². The number of hydrogen-bond acceptors (Lipinski definition) is 4. The van der Waals surface area contributed by atoms with Gasteiger partial charge in [-0.15, -0.1) is 12.4 Å². The summed E-state index contributed by atoms with van der Waals surface area (Å²) in [5.74, 6) is 0.940. The molecule has 1 N–H and O–H groups in total. The summed E-state index contributed by atoms with van der Waals surface area (Å²) >= 11 is 0. The molecule has 3 aliphatic heterocycles. The number of ether oxygens (including phenoxy) is 1. The van der Waals surface area contributed by atoms with Crippen LogP contribution in [0, 0.1) is 5.92 Å². The Hall–Kier alpha value is 0.130. The number of likely N-dealkylation sites (tertiary alicyclic amines) is 1. The van der Waals surface area contributed by atoms with Gasteiger partial charge in [0, 0.05) is 32.2 Å². The van der Waals surface area contributed by atoms with Crippen molar-refractivity contribution in [1.82, 2.24) is 15.1 Å². The van der Waals surface area contributed by atoms with Crippen LogP contribution in [0.2, 0.25) is 0 Å². The number of piperidine rings is 1. The van der Waals surface area contributed by atoms with Crippen molar-refractivity contribution < 1.29 is 4.74 Å². The van der Waals surface area contributed by atoms with Crippen LogP contribution < -0.4 is 5.32 Å². The number of nitrogens with zero attached hydrogens (tertiary/aromatic N) is 2. The minimum Gasteiger partial charge on any atom is -0.379 e. The molecule has 3 heterocycles. The molecule has 0 amide bonds. The lowest BCUT2D eigenvalue weighted by atomic mass is 9.98. The van der Waals surface area contributed by atoms with Gasteiger partial charge in [0.2, 0.25) is 0 Å². The monoisotopic (exact) mass is 289 g/mol. The summed E-state index contributed by atoms with van der Waals surface area (Å²) in [5, 5.41) is 3.46. The molecule has 1 unspecified atom stereocenters. The summed E-state index contributed by atoms with van der Waals surface area (Å²) in [6.45, 7) is 10.6. The van der Waals surface area contributed by atoms with Gasteiger partial charge >= 0.3 is 0 Å². The molecule has 3 aliphatic rings. The molecule has 0 spiro atoms. The maximum Gasteiger partial charge on any atom is 0.0594 e. The standard InChI is InChI=1S/C14H27N3O.ClH/c1-4-15-5-2-13(1)11-16-6-3-14(12-16)17-7-9-18-10-8-17;/h13-15H,1-12H2;1H. The summed E-state index contributed by atoms with van der Waals surface area (Å²) in [6.07, 6.45) is 4.11. The molecule has 5 heteroatoms. The second-order valence-corrected chi connectivity index (χ2v) is 6.04. The molecule has 0 saturated carbocycles. The van der Waals surface area contributed by atoms with Crippen LogP contribution in [0.5, 0.6) is 0 Å². The lowest BCUT2D eigenvalue weighted by Crippen LogP contribution is -2.45. The van der Waals surface area contributed by atoms with E-state index in [4.69, 9.17) is 4.74 Å². The molecule has 0 radical (unpaired) electrons. The molecule has 3 saturated heterocycles. The van der Waals surface area contributed by atoms with Crippen molar-refractivity contribution in [3.63, 3.8) is 0 Å². The Kier molecular flexibility index (Phi) is 6.36. The molecule has 4 nitrogen and oxygen atoms in total. The third kappa shape index (κ3) is 4.30. The molecule has 19 heavy (non-hydrogen) atoms. The molecule has 0 aromatic carbocycles. The van der Waals surface area contributed by atoms with Crippen LogP contribution in [0.3, 0.4) is 0 Å². The Labute approximate surface area is 123 Å². The van der Waals surface area contributed by atoms with E-state index in [9.17, 15) is 0 Å². The minimum atomic E-state index is 0. The highest BCUT2D eigenvalue weighted by Crippen LogP contribution is 2.20. The molecule has 0 aromatic rings. The van der Waals surface area contributed by atoms with Gasteiger partial charge in [0.1, 0.15) is 0 Å². The van der Waals surface area contributed by atoms with Gasteiger partial charge in [-0.05, 0) is 44.8 Å². The van der Waals surface area contributed by atoms with Crippen LogP contribution in [0.25, 0.3) is 0 Å². The summed E-state index contributed by atoms with van der Waals surface area (Å²) in [5.41, 5.74) is 0. The second-order valence-electron chi connectivity index (χ2n) is 6.04. The first-order valence-corrected chi connectivity index (χ1v) is 7.67. The lowest BCUT2D eigenvalue weighted by Gasteiger charge is -2.32. The smallest absolute Gasteiger partial charge is 0.0594 e. The molecule has 0 aliphatic carbocycles. The fourth-order valence-electron chi connectivity index (χ4n) is 3.65. The average Bonchev–Trinajstić information content (AvgIpc) is 2.89. The summed E-state index contributed by atoms with van der Waals surface area (Å²) in [4.78, 5) is 5.35. The van der Waals surface area contributed by atoms with Crippen LogP contribution in [-0.2, 0) is 4.74 Å². The highest BCUT2D eigenvalue weighted by atomic mass is 35.5. The van der Waals surface area contributed by atoms with E-state index < -0.39 is 0 Å². The van der Waals surface area contributed by atoms with Crippen molar-refractivity contribution in [2.24, 2.45) is 5.92 Å². The van der Waals surface area contributed by atoms with Gasteiger partial charge in [-0.25, -0.2) is 0 Å². The first-order chi connectivity index (χ1) is 8.92. The highest BCUT2D eigenvalue weighted by molar-refractivity contribution is 5.85. The normalized spacial score (nSPS) is 31.3. The van der Waals surface area contributed by atoms with Gasteiger partial charge in [0.05, 0.1) is 13.2 Å². The van der Waals surface area contributed by atoms with Crippen molar-refractivity contribution in [2.45, 2.75) is 25.3 Å². The molecular formula is C14H28ClN3O. The van der Waals surface area contributed by atoms with E-state index in [1.807, 2.05) is 0 Å². The number of rotatable bonds is 3. The van der Waals surface area contributed by atoms with Gasteiger partial charge in [0.25, 0.3) is 0 Å². The molecule has 0 aromatic heterocycles. The summed E-state index contributed by atoms with van der Waals surface area (Å²) < 4.78 is 5.45. The van der Waals surface area contributed by atoms with Gasteiger partial charge in [-0.3, -0.25) is 4.90 Å². The lowest BCUT2D eigenvalue weighted by molar-refractivity contribution is 0.0181. The predicted molar refractivity (Wildman–Crippen MR) is 80.1 cm³/mol. The van der Waals surface area contributed by atoms with Crippen molar-refractivity contribution in [3.05, 3.63) is 0 Å². The topological polar surface area (TPSA) is 27.7 Å². The van der Waals surface area contributed by atoms with Gasteiger partial charge in [0.15, 0.2) is 0 Å². The van der Waals surface area contributed by atoms with Crippen LogP contribution in [0.4, 0.5) is 0 Å². The fraction of sp³-hybridized carbons (Fsp3) is 1.00. The zero-order chi connectivity index (χ0) is 12.2. The first-order valence-electron chi connectivity index (χ1n) is 7.67. The van der Waals surface area contributed by atoms with Gasteiger partial charge in [-0.2, -0.15) is 0 Å². The molecular weight excluding hydrogens is 262 g/mol. The van der Waals surface area contributed by atoms with E-state index in [1.165, 1.54) is 52.0 Å². The summed E-state index contributed by atoms with van der Waals surface area (Å²) in [6, 6.07) is 0.801. The van der Waals surface area contributed by atoms with E-state index in [0.717, 1.165) is 38.3 Å². The van der Waals surface area contributed by atoms with Crippen LogP contribution in [-0.4, -0.2) is 74.9 Å². The highest BCUT2D eigenvalue weighted by Gasteiger charge is 2.29. The molecule has 3 fully saturated rings. The third-order valence-corrected chi connectivity index (χ3v) is 4.78. The minimum absolute atomic E-state index is 0. The maximum atomic E-state index is 5.45. The van der Waals surface area contributed by atoms with E-state index in [1.54, 1.807) is 0 Å². The zero-order valence-electron chi connectivity index (χ0n) is 11.9. The fourth-order valence-corrected chi connectivity index (χ4v) is 3.65. The van der Waals surface area contributed by atoms with E-state index >= 15 is 0 Å². The Balaban J connectivity index is 0.00000133. The van der Waals surface area contributed by atoms with Gasteiger partial charge in [-0.1, -0.05) is 0 Å². The quantitative estimate of drug-likeness (QED) is 0.832. The second kappa shape index (κ2) is 7.79. The average molecular weight is 290 g/mol. The Bertz CT molecular complexity index is 255. The maximum absolute atomic E-state index is 5.45. The number of nitrogens with one attached hydrogen (secondary N) is 1. The molecule has 3 rings (SSSR count). The number of hydrogen-bond donors (Lipinski definition) is 1. The predicted octanol–water partition coefficient (Wildman–Crippen LogP) is 0.814. The summed E-state index contributed by atoms with van der Waals surface area (Å²) in [7, 11) is 0. The van der Waals surface area contributed by atoms with Crippen LogP contribution >= 0.6 is 12.4 Å².